The third-order valence-electron chi connectivity index (χ3n) is 5.15. The molecule has 0 aliphatic carbocycles. The molecule has 0 bridgehead atoms. The van der Waals surface area contributed by atoms with Crippen LogP contribution in [-0.4, -0.2) is 46.0 Å². The van der Waals surface area contributed by atoms with Crippen LogP contribution in [0.15, 0.2) is 64.0 Å². The first-order valence-corrected chi connectivity index (χ1v) is 9.47. The van der Waals surface area contributed by atoms with Crippen LogP contribution >= 0.6 is 0 Å². The van der Waals surface area contributed by atoms with Gasteiger partial charge in [-0.1, -0.05) is 37.3 Å². The van der Waals surface area contributed by atoms with Gasteiger partial charge in [-0.2, -0.15) is 0 Å². The Morgan fingerprint density at radius 2 is 1.76 bits per heavy atom. The van der Waals surface area contributed by atoms with Gasteiger partial charge < -0.3 is 29.2 Å². The number of aliphatic hydroxyl groups excluding tert-OH is 3. The number of rotatable bonds is 4. The molecule has 152 valence electrons. The molecule has 0 saturated carbocycles. The summed E-state index contributed by atoms with van der Waals surface area (Å²) >= 11 is 0. The van der Waals surface area contributed by atoms with E-state index in [9.17, 15) is 20.1 Å². The summed E-state index contributed by atoms with van der Waals surface area (Å²) in [6.45, 7) is 1.80. The van der Waals surface area contributed by atoms with E-state index in [0.29, 0.717) is 28.7 Å². The quantitative estimate of drug-likeness (QED) is 0.617. The lowest BCUT2D eigenvalue weighted by molar-refractivity contribution is -0.272. The van der Waals surface area contributed by atoms with E-state index in [0.717, 1.165) is 5.56 Å². The van der Waals surface area contributed by atoms with Crippen LogP contribution in [0.3, 0.4) is 0 Å². The van der Waals surface area contributed by atoms with Gasteiger partial charge in [-0.3, -0.25) is 4.79 Å². The lowest BCUT2D eigenvalue weighted by Crippen LogP contribution is -2.58. The summed E-state index contributed by atoms with van der Waals surface area (Å²) in [6.07, 6.45) is -3.97. The van der Waals surface area contributed by atoms with Crippen molar-refractivity contribution in [3.05, 3.63) is 65.0 Å². The third kappa shape index (κ3) is 3.65. The Balaban J connectivity index is 1.62. The Labute approximate surface area is 166 Å². The molecule has 0 spiro atoms. The van der Waals surface area contributed by atoms with E-state index < -0.39 is 30.7 Å². The molecular weight excluding hydrogens is 376 g/mol. The number of ether oxygens (including phenoxy) is 2. The van der Waals surface area contributed by atoms with E-state index in [1.54, 1.807) is 19.1 Å². The van der Waals surface area contributed by atoms with E-state index >= 15 is 0 Å². The van der Waals surface area contributed by atoms with Crippen LogP contribution in [-0.2, 0) is 4.74 Å². The Morgan fingerprint density at radius 1 is 1.00 bits per heavy atom. The summed E-state index contributed by atoms with van der Waals surface area (Å²) < 4.78 is 16.9. The van der Waals surface area contributed by atoms with Crippen molar-refractivity contribution < 1.29 is 29.2 Å². The maximum absolute atomic E-state index is 12.8. The van der Waals surface area contributed by atoms with Gasteiger partial charge in [0, 0.05) is 6.07 Å². The molecule has 2 heterocycles. The van der Waals surface area contributed by atoms with Gasteiger partial charge in [-0.15, -0.1) is 0 Å². The van der Waals surface area contributed by atoms with Gasteiger partial charge in [0.15, 0.2) is 5.43 Å². The second kappa shape index (κ2) is 7.96. The summed E-state index contributed by atoms with van der Waals surface area (Å²) in [5.74, 6) is 0.301. The molecule has 1 saturated heterocycles. The average Bonchev–Trinajstić information content (AvgIpc) is 2.75. The van der Waals surface area contributed by atoms with Crippen LogP contribution in [0.4, 0.5) is 0 Å². The van der Waals surface area contributed by atoms with Gasteiger partial charge in [0.25, 0.3) is 0 Å². The van der Waals surface area contributed by atoms with Crippen LogP contribution in [0.1, 0.15) is 13.3 Å². The maximum atomic E-state index is 12.8. The largest absolute Gasteiger partial charge is 0.463 e. The highest BCUT2D eigenvalue weighted by molar-refractivity contribution is 5.82. The van der Waals surface area contributed by atoms with Gasteiger partial charge in [-0.05, 0) is 24.1 Å². The van der Waals surface area contributed by atoms with Crippen molar-refractivity contribution in [3.63, 3.8) is 0 Å². The Morgan fingerprint density at radius 3 is 2.48 bits per heavy atom. The topological polar surface area (TPSA) is 109 Å². The number of hydrogen-bond donors (Lipinski definition) is 3. The first-order valence-electron chi connectivity index (χ1n) is 9.47. The third-order valence-corrected chi connectivity index (χ3v) is 5.15. The highest BCUT2D eigenvalue weighted by Gasteiger charge is 2.44. The molecule has 0 amide bonds. The van der Waals surface area contributed by atoms with Crippen LogP contribution in [0.5, 0.6) is 5.75 Å². The summed E-state index contributed by atoms with van der Waals surface area (Å²) in [6, 6.07) is 13.9. The van der Waals surface area contributed by atoms with Crippen molar-refractivity contribution in [2.75, 3.05) is 0 Å². The molecule has 3 aromatic rings. The Bertz CT molecular complexity index is 1040. The number of fused-ring (bicyclic) bond motifs is 1. The van der Waals surface area contributed by atoms with Gasteiger partial charge in [0.05, 0.1) is 17.1 Å². The van der Waals surface area contributed by atoms with E-state index in [1.807, 2.05) is 30.3 Å². The number of aliphatic hydroxyl groups is 3. The highest BCUT2D eigenvalue weighted by Crippen LogP contribution is 2.28. The summed E-state index contributed by atoms with van der Waals surface area (Å²) in [4.78, 5) is 12.8. The predicted molar refractivity (Wildman–Crippen MR) is 106 cm³/mol. The Hall–Kier alpha value is -2.71. The van der Waals surface area contributed by atoms with Crippen molar-refractivity contribution in [2.45, 2.75) is 44.1 Å². The molecule has 2 aromatic carbocycles. The minimum absolute atomic E-state index is 0.164. The SMILES string of the molecule is CC[C@H]1O[C@@H](Oc2ccc3c(=O)c(-c4ccccc4)coc3c2)[C@H](O)[C@@H](O)[C@@H]1O. The lowest BCUT2D eigenvalue weighted by atomic mass is 9.97. The van der Waals surface area contributed by atoms with Crippen LogP contribution in [0.25, 0.3) is 22.1 Å². The van der Waals surface area contributed by atoms with E-state index in [2.05, 4.69) is 0 Å². The molecule has 7 nitrogen and oxygen atoms in total. The molecule has 4 rings (SSSR count). The standard InChI is InChI=1S/C22H22O7/c1-2-16-19(24)20(25)21(26)22(29-16)28-13-8-9-14-17(10-13)27-11-15(18(14)23)12-6-4-3-5-7-12/h3-11,16,19-22,24-26H,2H2,1H3/t16-,19-,20+,21-,22-/m1/s1. The van der Waals surface area contributed by atoms with E-state index in [4.69, 9.17) is 13.9 Å². The smallest absolute Gasteiger partial charge is 0.229 e. The zero-order valence-electron chi connectivity index (χ0n) is 15.8. The zero-order chi connectivity index (χ0) is 20.5. The monoisotopic (exact) mass is 398 g/mol. The lowest BCUT2D eigenvalue weighted by Gasteiger charge is -2.39. The fraction of sp³-hybridized carbons (Fsp3) is 0.318. The van der Waals surface area contributed by atoms with Crippen molar-refractivity contribution in [1.82, 2.24) is 0 Å². The van der Waals surface area contributed by atoms with Gasteiger partial charge in [0.1, 0.15) is 35.9 Å². The number of hydrogen-bond acceptors (Lipinski definition) is 7. The fourth-order valence-corrected chi connectivity index (χ4v) is 3.48. The Kier molecular flexibility index (Phi) is 5.38. The normalized spacial score (nSPS) is 27.1. The molecule has 1 aliphatic rings. The van der Waals surface area contributed by atoms with Crippen LogP contribution < -0.4 is 10.2 Å². The fourth-order valence-electron chi connectivity index (χ4n) is 3.48. The first-order chi connectivity index (χ1) is 14.0. The predicted octanol–water partition coefficient (Wildman–Crippen LogP) is 2.06. The molecule has 0 unspecified atom stereocenters. The molecular formula is C22H22O7. The molecule has 1 fully saturated rings. The van der Waals surface area contributed by atoms with Gasteiger partial charge in [-0.25, -0.2) is 0 Å². The summed E-state index contributed by atoms with van der Waals surface area (Å²) in [5, 5.41) is 30.5. The molecule has 29 heavy (non-hydrogen) atoms. The van der Waals surface area contributed by atoms with Crippen molar-refractivity contribution in [3.8, 4) is 16.9 Å². The minimum Gasteiger partial charge on any atom is -0.463 e. The second-order valence-electron chi connectivity index (χ2n) is 7.04. The second-order valence-corrected chi connectivity index (χ2v) is 7.04. The molecule has 0 radical (unpaired) electrons. The summed E-state index contributed by atoms with van der Waals surface area (Å²) in [7, 11) is 0. The molecule has 1 aliphatic heterocycles. The van der Waals surface area contributed by atoms with Crippen molar-refractivity contribution >= 4 is 11.0 Å². The van der Waals surface area contributed by atoms with Crippen LogP contribution in [0, 0.1) is 0 Å². The molecule has 1 aromatic heterocycles. The highest BCUT2D eigenvalue weighted by atomic mass is 16.7. The zero-order valence-corrected chi connectivity index (χ0v) is 15.8. The van der Waals surface area contributed by atoms with Crippen molar-refractivity contribution in [1.29, 1.82) is 0 Å². The van der Waals surface area contributed by atoms with E-state index in [-0.39, 0.29) is 5.43 Å². The van der Waals surface area contributed by atoms with Crippen LogP contribution in [0.2, 0.25) is 0 Å². The van der Waals surface area contributed by atoms with Crippen molar-refractivity contribution in [2.24, 2.45) is 0 Å². The molecule has 3 N–H and O–H groups in total. The van der Waals surface area contributed by atoms with Gasteiger partial charge in [0.2, 0.25) is 6.29 Å². The minimum atomic E-state index is -1.42. The number of benzene rings is 2. The van der Waals surface area contributed by atoms with E-state index in [1.165, 1.54) is 12.3 Å². The molecule has 7 heteroatoms. The average molecular weight is 398 g/mol. The molecule has 5 atom stereocenters. The summed E-state index contributed by atoms with van der Waals surface area (Å²) in [5.41, 5.74) is 1.38. The maximum Gasteiger partial charge on any atom is 0.229 e. The van der Waals surface area contributed by atoms with Gasteiger partial charge >= 0.3 is 0 Å². The first kappa shape index (κ1) is 19.6.